The van der Waals surface area contributed by atoms with Gasteiger partial charge in [-0.05, 0) is 79.7 Å². The van der Waals surface area contributed by atoms with Crippen LogP contribution >= 0.6 is 0 Å². The quantitative estimate of drug-likeness (QED) is 0.740. The monoisotopic (exact) mass is 357 g/mol. The first kappa shape index (κ1) is 17.4. The summed E-state index contributed by atoms with van der Waals surface area (Å²) in [5, 5.41) is 9.17. The van der Waals surface area contributed by atoms with Crippen LogP contribution in [-0.2, 0) is 17.6 Å². The summed E-state index contributed by atoms with van der Waals surface area (Å²) in [6.45, 7) is 11.4. The van der Waals surface area contributed by atoms with Crippen LogP contribution in [0.1, 0.15) is 36.5 Å². The molecule has 0 amide bonds. The number of ether oxygens (including phenoxy) is 1. The average molecular weight is 357 g/mol. The van der Waals surface area contributed by atoms with Crippen LogP contribution in [0.25, 0.3) is 10.9 Å². The van der Waals surface area contributed by atoms with Gasteiger partial charge in [-0.3, -0.25) is 4.85 Å². The van der Waals surface area contributed by atoms with Crippen molar-refractivity contribution >= 4 is 11.8 Å². The molecule has 0 bridgehead atoms. The van der Waals surface area contributed by atoms with Gasteiger partial charge in [0, 0.05) is 18.8 Å². The zero-order chi connectivity index (χ0) is 18.8. The Morgan fingerprint density at radius 1 is 1.22 bits per heavy atom. The summed E-state index contributed by atoms with van der Waals surface area (Å²) in [7, 11) is 0. The molecule has 0 aliphatic carbocycles. The molecule has 1 aromatic carbocycles. The van der Waals surface area contributed by atoms with Gasteiger partial charge < -0.3 is 9.64 Å². The molecule has 3 aliphatic rings. The van der Waals surface area contributed by atoms with Crippen LogP contribution < -0.4 is 4.90 Å². The first-order chi connectivity index (χ1) is 13.2. The molecular formula is C23H23N3O. The lowest BCUT2D eigenvalue weighted by Gasteiger charge is -2.37. The molecule has 4 nitrogen and oxygen atoms in total. The Balaban J connectivity index is 1.60. The molecule has 0 saturated carbocycles. The summed E-state index contributed by atoms with van der Waals surface area (Å²) in [5.74, 6) is 1.22. The number of benzene rings is 1. The van der Waals surface area contributed by atoms with E-state index in [-0.39, 0.29) is 5.92 Å². The molecule has 136 valence electrons. The number of hydrogen-bond donors (Lipinski definition) is 0. The van der Waals surface area contributed by atoms with Crippen molar-refractivity contribution in [3.05, 3.63) is 70.0 Å². The third-order valence-electron chi connectivity index (χ3n) is 5.49. The minimum absolute atomic E-state index is 0.223. The van der Waals surface area contributed by atoms with E-state index in [9.17, 15) is 5.26 Å². The van der Waals surface area contributed by atoms with Crippen LogP contribution in [0.2, 0.25) is 0 Å². The molecule has 3 aliphatic heterocycles. The van der Waals surface area contributed by atoms with E-state index in [1.807, 2.05) is 25.2 Å². The lowest BCUT2D eigenvalue weighted by atomic mass is 9.90. The maximum Gasteiger partial charge on any atom is 0.316 e. The number of rotatable bonds is 3. The molecule has 3 heterocycles. The van der Waals surface area contributed by atoms with E-state index in [2.05, 4.69) is 34.0 Å². The van der Waals surface area contributed by atoms with Crippen molar-refractivity contribution in [2.24, 2.45) is 5.92 Å². The van der Waals surface area contributed by atoms with Gasteiger partial charge in [-0.25, -0.2) is 6.57 Å². The first-order valence-corrected chi connectivity index (χ1v) is 9.61. The van der Waals surface area contributed by atoms with Crippen molar-refractivity contribution < 1.29 is 4.74 Å². The van der Waals surface area contributed by atoms with Crippen molar-refractivity contribution in [2.75, 3.05) is 18.0 Å². The zero-order valence-corrected chi connectivity index (χ0v) is 15.6. The highest BCUT2D eigenvalue weighted by molar-refractivity contribution is 5.68. The van der Waals surface area contributed by atoms with E-state index in [0.717, 1.165) is 18.6 Å². The molecule has 2 unspecified atom stereocenters. The van der Waals surface area contributed by atoms with Crippen LogP contribution in [0.4, 0.5) is 5.69 Å². The van der Waals surface area contributed by atoms with Gasteiger partial charge in [-0.15, -0.1) is 0 Å². The zero-order valence-electron chi connectivity index (χ0n) is 15.6. The minimum Gasteiger partial charge on any atom is -0.463 e. The van der Waals surface area contributed by atoms with Crippen molar-refractivity contribution in [2.45, 2.75) is 38.6 Å². The second kappa shape index (κ2) is 7.33. The Labute approximate surface area is 160 Å². The lowest BCUT2D eigenvalue weighted by molar-refractivity contribution is 0.304. The van der Waals surface area contributed by atoms with E-state index in [4.69, 9.17) is 11.3 Å². The predicted octanol–water partition coefficient (Wildman–Crippen LogP) is 4.64. The fourth-order valence-corrected chi connectivity index (χ4v) is 4.34. The lowest BCUT2D eigenvalue weighted by Crippen LogP contribution is -2.34. The number of aryl methyl sites for hydroxylation is 2. The SMILES string of the molecule is [C-]#[N+]C(C#N)C1C=C(C)OC(/C=C/c2cc3c4c(c2)CCCN4CCC3)=C1. The Morgan fingerprint density at radius 2 is 1.93 bits per heavy atom. The molecule has 0 radical (unpaired) electrons. The third-order valence-corrected chi connectivity index (χ3v) is 5.49. The fraction of sp³-hybridized carbons (Fsp3) is 0.391. The van der Waals surface area contributed by atoms with Crippen molar-refractivity contribution in [3.63, 3.8) is 0 Å². The molecule has 0 saturated heterocycles. The molecule has 4 rings (SSSR count). The van der Waals surface area contributed by atoms with E-state index in [1.54, 1.807) is 0 Å². The second-order valence-electron chi connectivity index (χ2n) is 7.44. The summed E-state index contributed by atoms with van der Waals surface area (Å²) in [4.78, 5) is 5.96. The number of hydrogen-bond acceptors (Lipinski definition) is 3. The maximum atomic E-state index is 9.17. The number of nitrogens with zero attached hydrogens (tertiary/aromatic N) is 3. The van der Waals surface area contributed by atoms with Gasteiger partial charge in [0.2, 0.25) is 0 Å². The molecule has 4 heteroatoms. The highest BCUT2D eigenvalue weighted by Crippen LogP contribution is 2.36. The van der Waals surface area contributed by atoms with Crippen LogP contribution in [0, 0.1) is 23.8 Å². The molecule has 0 aromatic heterocycles. The van der Waals surface area contributed by atoms with Gasteiger partial charge in [0.15, 0.2) is 6.07 Å². The Bertz CT molecular complexity index is 881. The Hall–Kier alpha value is -2.98. The number of anilines is 1. The van der Waals surface area contributed by atoms with Gasteiger partial charge in [0.25, 0.3) is 0 Å². The van der Waals surface area contributed by atoms with Gasteiger partial charge in [0.05, 0.1) is 11.7 Å². The van der Waals surface area contributed by atoms with Gasteiger partial charge >= 0.3 is 6.04 Å². The summed E-state index contributed by atoms with van der Waals surface area (Å²) < 4.78 is 5.79. The third kappa shape index (κ3) is 3.49. The normalized spacial score (nSPS) is 22.0. The van der Waals surface area contributed by atoms with Gasteiger partial charge in [-0.1, -0.05) is 6.08 Å². The summed E-state index contributed by atoms with van der Waals surface area (Å²) in [6.07, 6.45) is 12.5. The molecule has 1 aromatic rings. The molecule has 0 N–H and O–H groups in total. The van der Waals surface area contributed by atoms with Gasteiger partial charge in [0.1, 0.15) is 5.76 Å². The second-order valence-corrected chi connectivity index (χ2v) is 7.44. The van der Waals surface area contributed by atoms with Crippen LogP contribution in [0.5, 0.6) is 0 Å². The van der Waals surface area contributed by atoms with Crippen LogP contribution in [-0.4, -0.2) is 19.1 Å². The molecular weight excluding hydrogens is 334 g/mol. The van der Waals surface area contributed by atoms with Crippen LogP contribution in [0.3, 0.4) is 0 Å². The Kier molecular flexibility index (Phi) is 4.73. The van der Waals surface area contributed by atoms with Gasteiger partial charge in [-0.2, -0.15) is 5.26 Å². The maximum absolute atomic E-state index is 9.17. The highest BCUT2D eigenvalue weighted by Gasteiger charge is 2.26. The highest BCUT2D eigenvalue weighted by atomic mass is 16.5. The van der Waals surface area contributed by atoms with E-state index in [0.29, 0.717) is 5.76 Å². The number of allylic oxidation sites excluding steroid dienone is 2. The smallest absolute Gasteiger partial charge is 0.316 e. The van der Waals surface area contributed by atoms with E-state index < -0.39 is 6.04 Å². The standard InChI is InChI=1S/C23H23N3O/c1-16-11-20(22(15-24)25-2)14-21(27-16)8-7-17-12-18-5-3-9-26-10-4-6-19(13-17)23(18)26/h7-8,11-14,20,22H,3-6,9-10H2,1H3/b8-7+. The van der Waals surface area contributed by atoms with E-state index >= 15 is 0 Å². The summed E-state index contributed by atoms with van der Waals surface area (Å²) in [6, 6.07) is 5.96. The first-order valence-electron chi connectivity index (χ1n) is 9.61. The molecule has 27 heavy (non-hydrogen) atoms. The largest absolute Gasteiger partial charge is 0.463 e. The molecule has 2 atom stereocenters. The van der Waals surface area contributed by atoms with Crippen LogP contribution in [0.15, 0.2) is 41.9 Å². The minimum atomic E-state index is -0.702. The van der Waals surface area contributed by atoms with Crippen molar-refractivity contribution in [1.29, 1.82) is 5.26 Å². The van der Waals surface area contributed by atoms with Crippen molar-refractivity contribution in [1.82, 2.24) is 0 Å². The average Bonchev–Trinajstić information content (AvgIpc) is 2.67. The number of nitriles is 1. The van der Waals surface area contributed by atoms with Crippen molar-refractivity contribution in [3.8, 4) is 6.07 Å². The fourth-order valence-electron chi connectivity index (χ4n) is 4.34. The van der Waals surface area contributed by atoms with E-state index in [1.165, 1.54) is 48.3 Å². The molecule has 0 spiro atoms. The molecule has 0 fully saturated rings. The summed E-state index contributed by atoms with van der Waals surface area (Å²) in [5.41, 5.74) is 5.60. The summed E-state index contributed by atoms with van der Waals surface area (Å²) >= 11 is 0. The Morgan fingerprint density at radius 3 is 2.56 bits per heavy atom. The topological polar surface area (TPSA) is 40.6 Å². The predicted molar refractivity (Wildman–Crippen MR) is 107 cm³/mol.